The maximum Gasteiger partial charge on any atom is 0.271 e. The number of nitrogens with zero attached hydrogens (tertiary/aromatic N) is 2. The second-order valence-corrected chi connectivity index (χ2v) is 7.25. The summed E-state index contributed by atoms with van der Waals surface area (Å²) in [6, 6.07) is 26.6. The average molecular weight is 391 g/mol. The van der Waals surface area contributed by atoms with E-state index in [4.69, 9.17) is 16.6 Å². The molecule has 0 spiro atoms. The van der Waals surface area contributed by atoms with Gasteiger partial charge in [-0.25, -0.2) is 4.99 Å². The molecule has 0 saturated carbocycles. The third kappa shape index (κ3) is 3.82. The number of thioether (sulfide) groups is 1. The van der Waals surface area contributed by atoms with Crippen molar-refractivity contribution in [3.63, 3.8) is 0 Å². The Balaban J connectivity index is 1.79. The molecule has 0 atom stereocenters. The summed E-state index contributed by atoms with van der Waals surface area (Å²) in [5.41, 5.74) is 2.39. The smallest absolute Gasteiger partial charge is 0.268 e. The summed E-state index contributed by atoms with van der Waals surface area (Å²) in [5, 5.41) is 1.23. The van der Waals surface area contributed by atoms with Crippen LogP contribution in [0.25, 0.3) is 6.08 Å². The molecule has 3 nitrogen and oxygen atoms in total. The first-order valence-electron chi connectivity index (χ1n) is 8.40. The van der Waals surface area contributed by atoms with Gasteiger partial charge in [0.25, 0.3) is 5.91 Å². The van der Waals surface area contributed by atoms with E-state index in [0.29, 0.717) is 15.1 Å². The molecule has 1 heterocycles. The normalized spacial score (nSPS) is 17.1. The number of carbonyl (C=O) groups is 1. The number of rotatable bonds is 3. The van der Waals surface area contributed by atoms with Gasteiger partial charge in [-0.2, -0.15) is 0 Å². The van der Waals surface area contributed by atoms with E-state index in [-0.39, 0.29) is 5.91 Å². The first kappa shape index (κ1) is 17.6. The van der Waals surface area contributed by atoms with Crippen molar-refractivity contribution < 1.29 is 4.79 Å². The van der Waals surface area contributed by atoms with Crippen LogP contribution in [0.2, 0.25) is 5.02 Å². The molecule has 1 saturated heterocycles. The zero-order valence-corrected chi connectivity index (χ0v) is 15.8. The molecule has 5 heteroatoms. The average Bonchev–Trinajstić information content (AvgIpc) is 3.00. The highest BCUT2D eigenvalue weighted by atomic mass is 35.5. The Hall–Kier alpha value is -2.82. The van der Waals surface area contributed by atoms with Gasteiger partial charge in [0.15, 0.2) is 5.17 Å². The van der Waals surface area contributed by atoms with Crippen LogP contribution in [0.5, 0.6) is 0 Å². The van der Waals surface area contributed by atoms with Crippen LogP contribution in [-0.2, 0) is 4.79 Å². The second kappa shape index (κ2) is 7.82. The number of carbonyl (C=O) groups excluding carboxylic acids is 1. The van der Waals surface area contributed by atoms with Crippen molar-refractivity contribution in [3.8, 4) is 0 Å². The number of hydrogen-bond acceptors (Lipinski definition) is 3. The minimum Gasteiger partial charge on any atom is -0.268 e. The van der Waals surface area contributed by atoms with Gasteiger partial charge in [-0.05, 0) is 53.7 Å². The van der Waals surface area contributed by atoms with Gasteiger partial charge >= 0.3 is 0 Å². The number of amides is 1. The van der Waals surface area contributed by atoms with Crippen molar-refractivity contribution >= 4 is 51.9 Å². The number of amidine groups is 1. The van der Waals surface area contributed by atoms with Crippen molar-refractivity contribution in [2.45, 2.75) is 0 Å². The highest BCUT2D eigenvalue weighted by Crippen LogP contribution is 2.37. The van der Waals surface area contributed by atoms with E-state index in [9.17, 15) is 4.79 Å². The van der Waals surface area contributed by atoms with E-state index in [2.05, 4.69) is 0 Å². The Labute approximate surface area is 167 Å². The lowest BCUT2D eigenvalue weighted by Crippen LogP contribution is -2.28. The molecule has 0 bridgehead atoms. The Morgan fingerprint density at radius 3 is 2.19 bits per heavy atom. The number of benzene rings is 3. The van der Waals surface area contributed by atoms with E-state index in [1.54, 1.807) is 4.90 Å². The molecule has 3 aromatic carbocycles. The van der Waals surface area contributed by atoms with E-state index in [1.165, 1.54) is 11.8 Å². The quantitative estimate of drug-likeness (QED) is 0.502. The summed E-state index contributed by atoms with van der Waals surface area (Å²) in [5.74, 6) is -0.110. The molecule has 0 aliphatic carbocycles. The predicted molar refractivity (Wildman–Crippen MR) is 114 cm³/mol. The molecule has 4 rings (SSSR count). The summed E-state index contributed by atoms with van der Waals surface area (Å²) in [4.78, 5) is 20.1. The van der Waals surface area contributed by atoms with Crippen LogP contribution < -0.4 is 4.90 Å². The first-order valence-corrected chi connectivity index (χ1v) is 9.59. The molecule has 0 aromatic heterocycles. The maximum atomic E-state index is 13.1. The number of para-hydroxylation sites is 2. The topological polar surface area (TPSA) is 32.7 Å². The van der Waals surface area contributed by atoms with Gasteiger partial charge in [0.2, 0.25) is 0 Å². The second-order valence-electron chi connectivity index (χ2n) is 5.84. The van der Waals surface area contributed by atoms with Gasteiger partial charge in [-0.15, -0.1) is 0 Å². The molecule has 132 valence electrons. The van der Waals surface area contributed by atoms with Crippen LogP contribution in [0.4, 0.5) is 11.4 Å². The van der Waals surface area contributed by atoms with Gasteiger partial charge in [0.05, 0.1) is 16.3 Å². The molecular formula is C22H15ClN2OS. The summed E-state index contributed by atoms with van der Waals surface area (Å²) in [6.45, 7) is 0. The highest BCUT2D eigenvalue weighted by molar-refractivity contribution is 8.19. The number of hydrogen-bond donors (Lipinski definition) is 0. The van der Waals surface area contributed by atoms with Crippen molar-refractivity contribution in [1.82, 2.24) is 0 Å². The zero-order chi connectivity index (χ0) is 18.6. The molecule has 1 amide bonds. The van der Waals surface area contributed by atoms with Crippen molar-refractivity contribution in [2.24, 2.45) is 4.99 Å². The van der Waals surface area contributed by atoms with Gasteiger partial charge in [-0.3, -0.25) is 9.69 Å². The molecule has 1 aliphatic rings. The molecule has 0 unspecified atom stereocenters. The molecule has 27 heavy (non-hydrogen) atoms. The van der Waals surface area contributed by atoms with Gasteiger partial charge in [-0.1, -0.05) is 66.2 Å². The molecule has 3 aromatic rings. The molecule has 1 fully saturated rings. The van der Waals surface area contributed by atoms with Crippen LogP contribution in [0, 0.1) is 0 Å². The van der Waals surface area contributed by atoms with Crippen LogP contribution >= 0.6 is 23.4 Å². The van der Waals surface area contributed by atoms with E-state index < -0.39 is 0 Å². The van der Waals surface area contributed by atoms with Crippen molar-refractivity contribution in [2.75, 3.05) is 4.90 Å². The SMILES string of the molecule is O=C1C(=Cc2ccccc2Cl)SC(=Nc2ccccc2)N1c1ccccc1. The van der Waals surface area contributed by atoms with E-state index >= 15 is 0 Å². The minimum atomic E-state index is -0.110. The Bertz CT molecular complexity index is 1030. The summed E-state index contributed by atoms with van der Waals surface area (Å²) in [7, 11) is 0. The number of anilines is 1. The monoisotopic (exact) mass is 390 g/mol. The highest BCUT2D eigenvalue weighted by Gasteiger charge is 2.34. The third-order valence-electron chi connectivity index (χ3n) is 3.99. The van der Waals surface area contributed by atoms with Crippen LogP contribution in [0.3, 0.4) is 0 Å². The molecular weight excluding hydrogens is 376 g/mol. The van der Waals surface area contributed by atoms with E-state index in [1.807, 2.05) is 91.0 Å². The lowest BCUT2D eigenvalue weighted by atomic mass is 10.2. The largest absolute Gasteiger partial charge is 0.271 e. The minimum absolute atomic E-state index is 0.110. The predicted octanol–water partition coefficient (Wildman–Crippen LogP) is 6.15. The van der Waals surface area contributed by atoms with Gasteiger partial charge < -0.3 is 0 Å². The fourth-order valence-electron chi connectivity index (χ4n) is 2.70. The van der Waals surface area contributed by atoms with Crippen molar-refractivity contribution in [3.05, 3.63) is 100 Å². The van der Waals surface area contributed by atoms with Gasteiger partial charge in [0, 0.05) is 5.02 Å². The van der Waals surface area contributed by atoms with Gasteiger partial charge in [0.1, 0.15) is 0 Å². The molecule has 1 aliphatic heterocycles. The Kier molecular flexibility index (Phi) is 5.10. The summed E-state index contributed by atoms with van der Waals surface area (Å²) < 4.78 is 0. The standard InChI is InChI=1S/C22H15ClN2OS/c23-19-14-8-7-9-16(19)15-20-21(26)25(18-12-5-2-6-13-18)22(27-20)24-17-10-3-1-4-11-17/h1-15H. The number of halogens is 1. The lowest BCUT2D eigenvalue weighted by molar-refractivity contribution is -0.113. The fraction of sp³-hybridized carbons (Fsp3) is 0. The van der Waals surface area contributed by atoms with Crippen LogP contribution in [0.1, 0.15) is 5.56 Å². The zero-order valence-electron chi connectivity index (χ0n) is 14.2. The molecule has 0 N–H and O–H groups in total. The third-order valence-corrected chi connectivity index (χ3v) is 5.31. The van der Waals surface area contributed by atoms with Crippen molar-refractivity contribution in [1.29, 1.82) is 0 Å². The van der Waals surface area contributed by atoms with Crippen LogP contribution in [-0.4, -0.2) is 11.1 Å². The first-order chi connectivity index (χ1) is 13.2. The maximum absolute atomic E-state index is 13.1. The Morgan fingerprint density at radius 1 is 0.852 bits per heavy atom. The summed E-state index contributed by atoms with van der Waals surface area (Å²) in [6.07, 6.45) is 1.82. The summed E-state index contributed by atoms with van der Waals surface area (Å²) >= 11 is 7.61. The Morgan fingerprint density at radius 2 is 1.48 bits per heavy atom. The fourth-order valence-corrected chi connectivity index (χ4v) is 3.88. The van der Waals surface area contributed by atoms with E-state index in [0.717, 1.165) is 16.9 Å². The lowest BCUT2D eigenvalue weighted by Gasteiger charge is -2.15. The number of aliphatic imine (C=N–C) groups is 1. The van der Waals surface area contributed by atoms with Crippen LogP contribution in [0.15, 0.2) is 94.8 Å². The molecule has 0 radical (unpaired) electrons.